The molecule has 0 fully saturated rings. The van der Waals surface area contributed by atoms with Gasteiger partial charge in [0.2, 0.25) is 0 Å². The zero-order valence-corrected chi connectivity index (χ0v) is 12.7. The molecule has 9 heteroatoms. The van der Waals surface area contributed by atoms with E-state index in [0.717, 1.165) is 7.05 Å². The molecule has 6 nitrogen and oxygen atoms in total. The number of benzene rings is 1. The minimum absolute atomic E-state index is 0.00536. The Balaban J connectivity index is 1.97. The number of aromatic nitrogens is 2. The fourth-order valence-corrected chi connectivity index (χ4v) is 2.95. The van der Waals surface area contributed by atoms with Crippen LogP contribution in [-0.2, 0) is 17.8 Å². The second kappa shape index (κ2) is 5.43. The van der Waals surface area contributed by atoms with Crippen molar-refractivity contribution in [3.8, 4) is 5.69 Å². The molecule has 0 spiro atoms. The first-order chi connectivity index (χ1) is 11.2. The minimum Gasteiger partial charge on any atom is -0.393 e. The van der Waals surface area contributed by atoms with Gasteiger partial charge in [-0.05, 0) is 12.1 Å². The Morgan fingerprint density at radius 3 is 2.50 bits per heavy atom. The average molecular weight is 340 g/mol. The maximum absolute atomic E-state index is 12.6. The van der Waals surface area contributed by atoms with Crippen molar-refractivity contribution < 1.29 is 18.0 Å². The van der Waals surface area contributed by atoms with E-state index in [4.69, 9.17) is 5.73 Å². The quantitative estimate of drug-likeness (QED) is 0.892. The molecule has 2 aromatic rings. The highest BCUT2D eigenvalue weighted by molar-refractivity contribution is 5.82. The molecule has 3 rings (SSSR count). The predicted octanol–water partition coefficient (Wildman–Crippen LogP) is 1.17. The van der Waals surface area contributed by atoms with Crippen LogP contribution in [-0.4, -0.2) is 39.4 Å². The summed E-state index contributed by atoms with van der Waals surface area (Å²) in [6, 6.07) is 7.95. The van der Waals surface area contributed by atoms with Gasteiger partial charge < -0.3 is 10.6 Å². The number of carbonyl (C=O) groups excluding carboxylic acids is 1. The Morgan fingerprint density at radius 2 is 1.92 bits per heavy atom. The van der Waals surface area contributed by atoms with Crippen molar-refractivity contribution >= 4 is 11.6 Å². The van der Waals surface area contributed by atoms with E-state index >= 15 is 0 Å². The van der Waals surface area contributed by atoms with Crippen LogP contribution >= 0.6 is 0 Å². The molecule has 0 bridgehead atoms. The number of nitrogens with zero attached hydrogens (tertiary/aromatic N) is 3. The van der Waals surface area contributed by atoms with Gasteiger partial charge in [0.25, 0.3) is 5.56 Å². The van der Waals surface area contributed by atoms with E-state index in [0.29, 0.717) is 16.3 Å². The third kappa shape index (κ3) is 2.45. The van der Waals surface area contributed by atoms with E-state index in [1.54, 1.807) is 30.3 Å². The number of carbonyl (C=O) groups is 1. The van der Waals surface area contributed by atoms with E-state index < -0.39 is 23.7 Å². The molecule has 1 amide bonds. The molecule has 0 aliphatic carbocycles. The van der Waals surface area contributed by atoms with Crippen LogP contribution in [0.2, 0.25) is 0 Å². The number of anilines is 1. The average Bonchev–Trinajstić information content (AvgIpc) is 3.06. The van der Waals surface area contributed by atoms with Gasteiger partial charge in [-0.15, -0.1) is 0 Å². The standard InChI is InChI=1S/C15H15F3N4O2/c1-20(14(24)15(16,17)18)10-7-11-12(19)13(23)22(21(11)8-10)9-5-3-2-4-6-9/h2-6,10H,7-8,19H2,1H3. The van der Waals surface area contributed by atoms with Gasteiger partial charge in [-0.1, -0.05) is 18.2 Å². The van der Waals surface area contributed by atoms with Crippen LogP contribution < -0.4 is 11.3 Å². The lowest BCUT2D eigenvalue weighted by Crippen LogP contribution is -2.45. The monoisotopic (exact) mass is 340 g/mol. The number of nitrogen functional groups attached to an aromatic ring is 1. The molecule has 0 saturated heterocycles. The van der Waals surface area contributed by atoms with Crippen molar-refractivity contribution in [1.29, 1.82) is 0 Å². The second-order valence-electron chi connectivity index (χ2n) is 5.67. The molecule has 2 N–H and O–H groups in total. The molecule has 0 radical (unpaired) electrons. The SMILES string of the molecule is CN(C(=O)C(F)(F)F)C1Cc2c(N)c(=O)n(-c3ccccc3)n2C1. The molecule has 0 saturated carbocycles. The number of likely N-dealkylation sites (N-methyl/N-ethyl adjacent to an activating group) is 1. The fraction of sp³-hybridized carbons (Fsp3) is 0.333. The van der Waals surface area contributed by atoms with Crippen molar-refractivity contribution in [2.45, 2.75) is 25.2 Å². The second-order valence-corrected chi connectivity index (χ2v) is 5.67. The summed E-state index contributed by atoms with van der Waals surface area (Å²) in [7, 11) is 1.11. The molecule has 24 heavy (non-hydrogen) atoms. The van der Waals surface area contributed by atoms with E-state index in [-0.39, 0.29) is 18.7 Å². The van der Waals surface area contributed by atoms with Crippen LogP contribution in [0.25, 0.3) is 5.69 Å². The van der Waals surface area contributed by atoms with Crippen molar-refractivity contribution in [1.82, 2.24) is 14.3 Å². The smallest absolute Gasteiger partial charge is 0.393 e. The minimum atomic E-state index is -4.93. The van der Waals surface area contributed by atoms with E-state index in [1.165, 1.54) is 9.36 Å². The highest BCUT2D eigenvalue weighted by Gasteiger charge is 2.45. The van der Waals surface area contributed by atoms with Crippen LogP contribution in [0, 0.1) is 0 Å². The van der Waals surface area contributed by atoms with Crippen LogP contribution in [0.5, 0.6) is 0 Å². The first kappa shape index (κ1) is 16.2. The molecular formula is C15H15F3N4O2. The maximum Gasteiger partial charge on any atom is 0.471 e. The Labute approximate surface area is 134 Å². The first-order valence-electron chi connectivity index (χ1n) is 7.21. The van der Waals surface area contributed by atoms with Gasteiger partial charge in [0.05, 0.1) is 24.0 Å². The lowest BCUT2D eigenvalue weighted by molar-refractivity contribution is -0.186. The summed E-state index contributed by atoms with van der Waals surface area (Å²) in [4.78, 5) is 24.4. The number of alkyl halides is 3. The molecule has 1 atom stereocenters. The predicted molar refractivity (Wildman–Crippen MR) is 80.8 cm³/mol. The van der Waals surface area contributed by atoms with Gasteiger partial charge in [0.15, 0.2) is 0 Å². The fourth-order valence-electron chi connectivity index (χ4n) is 2.95. The van der Waals surface area contributed by atoms with E-state index in [9.17, 15) is 22.8 Å². The number of fused-ring (bicyclic) bond motifs is 1. The molecule has 128 valence electrons. The Kier molecular flexibility index (Phi) is 3.66. The largest absolute Gasteiger partial charge is 0.471 e. The lowest BCUT2D eigenvalue weighted by Gasteiger charge is -2.25. The van der Waals surface area contributed by atoms with E-state index in [1.807, 2.05) is 0 Å². The molecule has 1 aromatic carbocycles. The zero-order valence-electron chi connectivity index (χ0n) is 12.7. The van der Waals surface area contributed by atoms with Crippen molar-refractivity contribution in [3.63, 3.8) is 0 Å². The lowest BCUT2D eigenvalue weighted by atomic mass is 10.1. The van der Waals surface area contributed by atoms with Crippen LogP contribution in [0.15, 0.2) is 35.1 Å². The van der Waals surface area contributed by atoms with Crippen LogP contribution in [0.1, 0.15) is 5.69 Å². The summed E-state index contributed by atoms with van der Waals surface area (Å²) >= 11 is 0. The first-order valence-corrected chi connectivity index (χ1v) is 7.21. The number of halogens is 3. The normalized spacial score (nSPS) is 16.9. The highest BCUT2D eigenvalue weighted by Crippen LogP contribution is 2.27. The van der Waals surface area contributed by atoms with E-state index in [2.05, 4.69) is 0 Å². The third-order valence-electron chi connectivity index (χ3n) is 4.21. The van der Waals surface area contributed by atoms with Gasteiger partial charge in [-0.25, -0.2) is 4.68 Å². The number of hydrogen-bond donors (Lipinski definition) is 1. The molecule has 1 aliphatic rings. The molecule has 1 aromatic heterocycles. The summed E-state index contributed by atoms with van der Waals surface area (Å²) in [6.45, 7) is 0.0645. The summed E-state index contributed by atoms with van der Waals surface area (Å²) in [5.74, 6) is -1.91. The highest BCUT2D eigenvalue weighted by atomic mass is 19.4. The van der Waals surface area contributed by atoms with Crippen LogP contribution in [0.3, 0.4) is 0 Å². The Morgan fingerprint density at radius 1 is 1.29 bits per heavy atom. The van der Waals surface area contributed by atoms with Crippen molar-refractivity contribution in [2.75, 3.05) is 12.8 Å². The molecular weight excluding hydrogens is 325 g/mol. The Hall–Kier alpha value is -2.71. The zero-order chi connectivity index (χ0) is 17.6. The number of amides is 1. The van der Waals surface area contributed by atoms with Gasteiger partial charge in [0.1, 0.15) is 5.69 Å². The maximum atomic E-state index is 12.6. The number of hydrogen-bond acceptors (Lipinski definition) is 3. The molecule has 1 unspecified atom stereocenters. The number of nitrogens with two attached hydrogens (primary N) is 1. The summed E-state index contributed by atoms with van der Waals surface area (Å²) < 4.78 is 40.7. The summed E-state index contributed by atoms with van der Waals surface area (Å²) in [6.07, 6.45) is -4.84. The van der Waals surface area contributed by atoms with Gasteiger partial charge >= 0.3 is 12.1 Å². The van der Waals surface area contributed by atoms with Gasteiger partial charge in [-0.2, -0.15) is 13.2 Å². The summed E-state index contributed by atoms with van der Waals surface area (Å²) in [5.41, 5.74) is 6.42. The van der Waals surface area contributed by atoms with Crippen molar-refractivity contribution in [2.24, 2.45) is 0 Å². The van der Waals surface area contributed by atoms with Crippen molar-refractivity contribution in [3.05, 3.63) is 46.4 Å². The third-order valence-corrected chi connectivity index (χ3v) is 4.21. The Bertz CT molecular complexity index is 839. The summed E-state index contributed by atoms with van der Waals surface area (Å²) in [5, 5.41) is 0. The van der Waals surface area contributed by atoms with Gasteiger partial charge in [0, 0.05) is 13.5 Å². The van der Waals surface area contributed by atoms with Crippen LogP contribution in [0.4, 0.5) is 18.9 Å². The number of rotatable bonds is 2. The number of para-hydroxylation sites is 1. The molecule has 2 heterocycles. The molecule has 1 aliphatic heterocycles. The van der Waals surface area contributed by atoms with Gasteiger partial charge in [-0.3, -0.25) is 14.3 Å². The topological polar surface area (TPSA) is 73.3 Å².